The highest BCUT2D eigenvalue weighted by molar-refractivity contribution is 6.06. The molecule has 1 aliphatic rings. The summed E-state index contributed by atoms with van der Waals surface area (Å²) in [5, 5.41) is 9.57. The first-order chi connectivity index (χ1) is 13.5. The Balaban J connectivity index is 2.22. The van der Waals surface area contributed by atoms with Crippen LogP contribution in [-0.4, -0.2) is 27.3 Å². The quantitative estimate of drug-likeness (QED) is 0.457. The molecule has 0 aliphatic carbocycles. The Morgan fingerprint density at radius 3 is 2.43 bits per heavy atom. The number of carbonyl (C=O) groups is 1. The maximum absolute atomic E-state index is 12.2. The van der Waals surface area contributed by atoms with Gasteiger partial charge in [0.15, 0.2) is 11.5 Å². The molecule has 0 fully saturated rings. The third kappa shape index (κ3) is 3.42. The van der Waals surface area contributed by atoms with Crippen LogP contribution >= 0.6 is 0 Å². The molecular weight excluding hydrogens is 358 g/mol. The molecule has 142 valence electrons. The minimum atomic E-state index is -0.699. The smallest absolute Gasteiger partial charge is 0.349 e. The Hall–Kier alpha value is -3.72. The van der Waals surface area contributed by atoms with E-state index in [4.69, 9.17) is 18.9 Å². The number of ether oxygens (including phenoxy) is 4. The SMILES string of the molecule is COC(=O)C(C#N)=C1C=C(c2ccc(OC)c(OC)c2)Oc2ccc(C)cc21. The van der Waals surface area contributed by atoms with Gasteiger partial charge in [0.25, 0.3) is 0 Å². The summed E-state index contributed by atoms with van der Waals surface area (Å²) in [5.41, 5.74) is 2.71. The van der Waals surface area contributed by atoms with Crippen molar-refractivity contribution in [2.24, 2.45) is 0 Å². The van der Waals surface area contributed by atoms with E-state index in [1.807, 2.05) is 37.3 Å². The Labute approximate surface area is 163 Å². The first-order valence-electron chi connectivity index (χ1n) is 8.48. The lowest BCUT2D eigenvalue weighted by Gasteiger charge is -2.22. The van der Waals surface area contributed by atoms with Crippen LogP contribution < -0.4 is 14.2 Å². The van der Waals surface area contributed by atoms with Gasteiger partial charge in [-0.2, -0.15) is 5.26 Å². The number of rotatable bonds is 4. The summed E-state index contributed by atoms with van der Waals surface area (Å²) < 4.78 is 21.5. The Bertz CT molecular complexity index is 1040. The molecule has 0 bridgehead atoms. The van der Waals surface area contributed by atoms with Gasteiger partial charge < -0.3 is 18.9 Å². The van der Waals surface area contributed by atoms with Crippen molar-refractivity contribution in [2.45, 2.75) is 6.92 Å². The Morgan fingerprint density at radius 1 is 1.04 bits per heavy atom. The van der Waals surface area contributed by atoms with Crippen LogP contribution in [-0.2, 0) is 9.53 Å². The molecule has 0 aromatic heterocycles. The van der Waals surface area contributed by atoms with Crippen molar-refractivity contribution < 1.29 is 23.7 Å². The summed E-state index contributed by atoms with van der Waals surface area (Å²) in [4.78, 5) is 12.2. The maximum Gasteiger partial charge on any atom is 0.349 e. The average Bonchev–Trinajstić information content (AvgIpc) is 2.73. The highest BCUT2D eigenvalue weighted by atomic mass is 16.5. The lowest BCUT2D eigenvalue weighted by molar-refractivity contribution is -0.135. The number of fused-ring (bicyclic) bond motifs is 1. The Morgan fingerprint density at radius 2 is 1.79 bits per heavy atom. The van der Waals surface area contributed by atoms with Gasteiger partial charge in [0.1, 0.15) is 23.2 Å². The van der Waals surface area contributed by atoms with Crippen molar-refractivity contribution >= 4 is 17.3 Å². The maximum atomic E-state index is 12.2. The van der Waals surface area contributed by atoms with Crippen LogP contribution in [0.2, 0.25) is 0 Å². The van der Waals surface area contributed by atoms with Gasteiger partial charge in [-0.05, 0) is 43.3 Å². The van der Waals surface area contributed by atoms with E-state index in [1.165, 1.54) is 7.11 Å². The van der Waals surface area contributed by atoms with Crippen molar-refractivity contribution in [1.82, 2.24) is 0 Å². The predicted molar refractivity (Wildman–Crippen MR) is 104 cm³/mol. The normalized spacial score (nSPS) is 14.0. The summed E-state index contributed by atoms with van der Waals surface area (Å²) in [7, 11) is 4.35. The molecular formula is C22H19NO5. The molecule has 0 saturated heterocycles. The van der Waals surface area contributed by atoms with Gasteiger partial charge in [0, 0.05) is 16.7 Å². The largest absolute Gasteiger partial charge is 0.493 e. The number of aryl methyl sites for hydroxylation is 1. The molecule has 0 unspecified atom stereocenters. The molecule has 2 aromatic carbocycles. The fourth-order valence-corrected chi connectivity index (χ4v) is 2.96. The molecule has 0 amide bonds. The number of nitriles is 1. The van der Waals surface area contributed by atoms with E-state index in [0.717, 1.165) is 5.56 Å². The van der Waals surface area contributed by atoms with Crippen LogP contribution in [0, 0.1) is 18.3 Å². The van der Waals surface area contributed by atoms with E-state index in [1.54, 1.807) is 32.4 Å². The van der Waals surface area contributed by atoms with Gasteiger partial charge in [-0.25, -0.2) is 4.79 Å². The summed E-state index contributed by atoms with van der Waals surface area (Å²) in [6.45, 7) is 1.93. The lowest BCUT2D eigenvalue weighted by Crippen LogP contribution is -2.10. The zero-order valence-electron chi connectivity index (χ0n) is 16.0. The fraction of sp³-hybridized carbons (Fsp3) is 0.182. The molecule has 6 nitrogen and oxygen atoms in total. The average molecular weight is 377 g/mol. The molecule has 6 heteroatoms. The summed E-state index contributed by atoms with van der Waals surface area (Å²) in [5.74, 6) is 1.45. The van der Waals surface area contributed by atoms with Crippen LogP contribution in [0.1, 0.15) is 16.7 Å². The molecule has 0 saturated carbocycles. The topological polar surface area (TPSA) is 77.8 Å². The van der Waals surface area contributed by atoms with E-state index >= 15 is 0 Å². The zero-order chi connectivity index (χ0) is 20.3. The van der Waals surface area contributed by atoms with Gasteiger partial charge in [0.2, 0.25) is 0 Å². The Kier molecular flexibility index (Phi) is 5.37. The van der Waals surface area contributed by atoms with Crippen molar-refractivity contribution in [3.63, 3.8) is 0 Å². The number of nitrogens with zero attached hydrogens (tertiary/aromatic N) is 1. The van der Waals surface area contributed by atoms with Crippen LogP contribution in [0.3, 0.4) is 0 Å². The second-order valence-corrected chi connectivity index (χ2v) is 6.07. The molecule has 1 aliphatic heterocycles. The number of allylic oxidation sites excluding steroid dienone is 2. The summed E-state index contributed by atoms with van der Waals surface area (Å²) in [6.07, 6.45) is 1.67. The number of esters is 1. The molecule has 0 spiro atoms. The molecule has 2 aromatic rings. The highest BCUT2D eigenvalue weighted by Crippen LogP contribution is 2.40. The first-order valence-corrected chi connectivity index (χ1v) is 8.48. The van der Waals surface area contributed by atoms with Crippen LogP contribution in [0.25, 0.3) is 11.3 Å². The number of benzene rings is 2. The van der Waals surface area contributed by atoms with E-state index in [0.29, 0.717) is 39.7 Å². The second kappa shape index (κ2) is 7.89. The van der Waals surface area contributed by atoms with Crippen molar-refractivity contribution in [3.8, 4) is 23.3 Å². The molecule has 1 heterocycles. The van der Waals surface area contributed by atoms with Crippen LogP contribution in [0.15, 0.2) is 48.0 Å². The molecule has 3 rings (SSSR count). The lowest BCUT2D eigenvalue weighted by atomic mass is 9.94. The van der Waals surface area contributed by atoms with Gasteiger partial charge in [-0.3, -0.25) is 0 Å². The molecule has 0 N–H and O–H groups in total. The fourth-order valence-electron chi connectivity index (χ4n) is 2.96. The van der Waals surface area contributed by atoms with E-state index < -0.39 is 5.97 Å². The van der Waals surface area contributed by atoms with Crippen molar-refractivity contribution in [2.75, 3.05) is 21.3 Å². The number of methoxy groups -OCH3 is 3. The van der Waals surface area contributed by atoms with E-state index in [2.05, 4.69) is 0 Å². The van der Waals surface area contributed by atoms with E-state index in [-0.39, 0.29) is 5.57 Å². The second-order valence-electron chi connectivity index (χ2n) is 6.07. The first kappa shape index (κ1) is 19.1. The zero-order valence-corrected chi connectivity index (χ0v) is 16.0. The number of hydrogen-bond donors (Lipinski definition) is 0. The van der Waals surface area contributed by atoms with Gasteiger partial charge >= 0.3 is 5.97 Å². The summed E-state index contributed by atoms with van der Waals surface area (Å²) in [6, 6.07) is 12.9. The van der Waals surface area contributed by atoms with Gasteiger partial charge in [0.05, 0.1) is 21.3 Å². The molecule has 0 radical (unpaired) electrons. The highest BCUT2D eigenvalue weighted by Gasteiger charge is 2.25. The molecule has 0 atom stereocenters. The predicted octanol–water partition coefficient (Wildman–Crippen LogP) is 3.90. The van der Waals surface area contributed by atoms with Crippen molar-refractivity contribution in [3.05, 3.63) is 64.7 Å². The van der Waals surface area contributed by atoms with Gasteiger partial charge in [-0.15, -0.1) is 0 Å². The standard InChI is InChI=1S/C22H19NO5/c1-13-5-7-18-16(9-13)15(17(12-23)22(24)27-4)11-20(28-18)14-6-8-19(25-2)21(10-14)26-3/h5-11H,1-4H3. The van der Waals surface area contributed by atoms with Crippen LogP contribution in [0.4, 0.5) is 0 Å². The minimum absolute atomic E-state index is 0.0874. The van der Waals surface area contributed by atoms with Crippen molar-refractivity contribution in [1.29, 1.82) is 5.26 Å². The third-order valence-corrected chi connectivity index (χ3v) is 4.36. The summed E-state index contributed by atoms with van der Waals surface area (Å²) >= 11 is 0. The number of carbonyl (C=O) groups excluding carboxylic acids is 1. The minimum Gasteiger partial charge on any atom is -0.493 e. The van der Waals surface area contributed by atoms with Gasteiger partial charge in [-0.1, -0.05) is 11.6 Å². The van der Waals surface area contributed by atoms with Crippen LogP contribution in [0.5, 0.6) is 17.2 Å². The number of hydrogen-bond acceptors (Lipinski definition) is 6. The molecule has 28 heavy (non-hydrogen) atoms. The van der Waals surface area contributed by atoms with E-state index in [9.17, 15) is 10.1 Å². The third-order valence-electron chi connectivity index (χ3n) is 4.36. The monoisotopic (exact) mass is 377 g/mol.